The Balaban J connectivity index is 1.73. The predicted octanol–water partition coefficient (Wildman–Crippen LogP) is 0.220. The minimum atomic E-state index is 0.220. The molecule has 2 aliphatic heterocycles. The van der Waals surface area contributed by atoms with Gasteiger partial charge in [0, 0.05) is 32.2 Å². The highest BCUT2D eigenvalue weighted by Crippen LogP contribution is 2.24. The number of nitrogens with zero attached hydrogens (tertiary/aromatic N) is 1. The molecule has 0 spiro atoms. The molecule has 0 aromatic carbocycles. The molecule has 0 aliphatic carbocycles. The number of likely N-dealkylation sites (tertiary alicyclic amines) is 1. The van der Waals surface area contributed by atoms with Gasteiger partial charge in [0.1, 0.15) is 0 Å². The Morgan fingerprint density at radius 2 is 2.00 bits per heavy atom. The van der Waals surface area contributed by atoms with Gasteiger partial charge in [-0.15, -0.1) is 0 Å². The molecule has 2 saturated heterocycles. The SMILES string of the molecule is NCCC1CN(C(=O)C2CCOCC2)C1. The molecule has 2 fully saturated rings. The first-order valence-corrected chi connectivity index (χ1v) is 5.88. The molecule has 4 heteroatoms. The molecule has 1 amide bonds. The van der Waals surface area contributed by atoms with Gasteiger partial charge in [-0.3, -0.25) is 4.79 Å². The smallest absolute Gasteiger partial charge is 0.225 e. The van der Waals surface area contributed by atoms with Crippen molar-refractivity contribution in [3.8, 4) is 0 Å². The summed E-state index contributed by atoms with van der Waals surface area (Å²) in [7, 11) is 0. The second-order valence-corrected chi connectivity index (χ2v) is 4.57. The standard InChI is InChI=1S/C11H20N2O2/c12-4-1-9-7-13(8-9)11(14)10-2-5-15-6-3-10/h9-10H,1-8,12H2. The van der Waals surface area contributed by atoms with Crippen LogP contribution in [0.25, 0.3) is 0 Å². The summed E-state index contributed by atoms with van der Waals surface area (Å²) in [5.41, 5.74) is 5.48. The fourth-order valence-electron chi connectivity index (χ4n) is 2.37. The minimum absolute atomic E-state index is 0.220. The summed E-state index contributed by atoms with van der Waals surface area (Å²) in [5, 5.41) is 0. The van der Waals surface area contributed by atoms with E-state index < -0.39 is 0 Å². The highest BCUT2D eigenvalue weighted by atomic mass is 16.5. The largest absolute Gasteiger partial charge is 0.381 e. The molecule has 0 bridgehead atoms. The molecule has 0 radical (unpaired) electrons. The van der Waals surface area contributed by atoms with E-state index >= 15 is 0 Å². The molecule has 2 rings (SSSR count). The first kappa shape index (κ1) is 10.9. The van der Waals surface area contributed by atoms with E-state index in [1.165, 1.54) is 0 Å². The molecule has 0 atom stereocenters. The Morgan fingerprint density at radius 1 is 1.33 bits per heavy atom. The van der Waals surface area contributed by atoms with Crippen LogP contribution >= 0.6 is 0 Å². The lowest BCUT2D eigenvalue weighted by atomic mass is 9.91. The van der Waals surface area contributed by atoms with Crippen molar-refractivity contribution in [3.05, 3.63) is 0 Å². The van der Waals surface area contributed by atoms with E-state index in [4.69, 9.17) is 10.5 Å². The number of hydrogen-bond acceptors (Lipinski definition) is 3. The molecule has 0 aromatic heterocycles. The van der Waals surface area contributed by atoms with Crippen molar-refractivity contribution in [2.24, 2.45) is 17.6 Å². The van der Waals surface area contributed by atoms with E-state index in [2.05, 4.69) is 0 Å². The lowest BCUT2D eigenvalue weighted by Crippen LogP contribution is -2.53. The molecule has 86 valence electrons. The van der Waals surface area contributed by atoms with Crippen LogP contribution in [-0.4, -0.2) is 43.7 Å². The van der Waals surface area contributed by atoms with Gasteiger partial charge in [0.2, 0.25) is 5.91 Å². The van der Waals surface area contributed by atoms with Gasteiger partial charge in [0.05, 0.1) is 0 Å². The summed E-state index contributed by atoms with van der Waals surface area (Å²) in [6, 6.07) is 0. The normalized spacial score (nSPS) is 23.9. The van der Waals surface area contributed by atoms with Crippen LogP contribution in [-0.2, 0) is 9.53 Å². The lowest BCUT2D eigenvalue weighted by molar-refractivity contribution is -0.145. The quantitative estimate of drug-likeness (QED) is 0.728. The molecular weight excluding hydrogens is 192 g/mol. The van der Waals surface area contributed by atoms with Crippen molar-refractivity contribution in [1.29, 1.82) is 0 Å². The van der Waals surface area contributed by atoms with E-state index in [1.807, 2.05) is 4.90 Å². The number of carbonyl (C=O) groups excluding carboxylic acids is 1. The number of rotatable bonds is 3. The maximum atomic E-state index is 12.0. The summed E-state index contributed by atoms with van der Waals surface area (Å²) in [6.45, 7) is 4.08. The van der Waals surface area contributed by atoms with Crippen LogP contribution < -0.4 is 5.73 Å². The van der Waals surface area contributed by atoms with Gasteiger partial charge in [0.15, 0.2) is 0 Å². The molecule has 4 nitrogen and oxygen atoms in total. The van der Waals surface area contributed by atoms with Crippen LogP contribution in [0.1, 0.15) is 19.3 Å². The van der Waals surface area contributed by atoms with Crippen molar-refractivity contribution in [2.75, 3.05) is 32.8 Å². The Morgan fingerprint density at radius 3 is 2.60 bits per heavy atom. The fraction of sp³-hybridized carbons (Fsp3) is 0.909. The van der Waals surface area contributed by atoms with E-state index in [-0.39, 0.29) is 5.92 Å². The molecule has 2 aliphatic rings. The highest BCUT2D eigenvalue weighted by molar-refractivity contribution is 5.79. The minimum Gasteiger partial charge on any atom is -0.381 e. The number of amides is 1. The van der Waals surface area contributed by atoms with E-state index in [0.29, 0.717) is 11.8 Å². The number of carbonyl (C=O) groups is 1. The number of nitrogens with two attached hydrogens (primary N) is 1. The van der Waals surface area contributed by atoms with Gasteiger partial charge >= 0.3 is 0 Å². The van der Waals surface area contributed by atoms with Gasteiger partial charge in [-0.05, 0) is 31.7 Å². The molecule has 0 unspecified atom stereocenters. The summed E-state index contributed by atoms with van der Waals surface area (Å²) >= 11 is 0. The second kappa shape index (κ2) is 4.94. The van der Waals surface area contributed by atoms with Crippen molar-refractivity contribution in [2.45, 2.75) is 19.3 Å². The van der Waals surface area contributed by atoms with Crippen LogP contribution in [0.3, 0.4) is 0 Å². The van der Waals surface area contributed by atoms with Gasteiger partial charge in [0.25, 0.3) is 0 Å². The molecule has 2 heterocycles. The third-order valence-electron chi connectivity index (χ3n) is 3.41. The van der Waals surface area contributed by atoms with Gasteiger partial charge in [-0.1, -0.05) is 0 Å². The van der Waals surface area contributed by atoms with Crippen LogP contribution in [0.2, 0.25) is 0 Å². The average molecular weight is 212 g/mol. The van der Waals surface area contributed by atoms with E-state index in [0.717, 1.165) is 52.1 Å². The average Bonchev–Trinajstić information content (AvgIpc) is 2.23. The Hall–Kier alpha value is -0.610. The van der Waals surface area contributed by atoms with Crippen molar-refractivity contribution >= 4 is 5.91 Å². The zero-order valence-electron chi connectivity index (χ0n) is 9.15. The summed E-state index contributed by atoms with van der Waals surface area (Å²) in [4.78, 5) is 14.0. The third kappa shape index (κ3) is 2.49. The summed E-state index contributed by atoms with van der Waals surface area (Å²) in [5.74, 6) is 1.21. The van der Waals surface area contributed by atoms with E-state index in [9.17, 15) is 4.79 Å². The van der Waals surface area contributed by atoms with Gasteiger partial charge in [-0.25, -0.2) is 0 Å². The first-order chi connectivity index (χ1) is 7.31. The zero-order valence-corrected chi connectivity index (χ0v) is 9.15. The van der Waals surface area contributed by atoms with Crippen LogP contribution in [0, 0.1) is 11.8 Å². The lowest BCUT2D eigenvalue weighted by Gasteiger charge is -2.41. The van der Waals surface area contributed by atoms with Crippen LogP contribution in [0.15, 0.2) is 0 Å². The molecular formula is C11H20N2O2. The maximum absolute atomic E-state index is 12.0. The summed E-state index contributed by atoms with van der Waals surface area (Å²) in [6.07, 6.45) is 2.85. The molecule has 2 N–H and O–H groups in total. The number of ether oxygens (including phenoxy) is 1. The van der Waals surface area contributed by atoms with Gasteiger partial charge < -0.3 is 15.4 Å². The zero-order chi connectivity index (χ0) is 10.7. The monoisotopic (exact) mass is 212 g/mol. The summed E-state index contributed by atoms with van der Waals surface area (Å²) < 4.78 is 5.25. The van der Waals surface area contributed by atoms with Crippen molar-refractivity contribution < 1.29 is 9.53 Å². The van der Waals surface area contributed by atoms with Crippen molar-refractivity contribution in [3.63, 3.8) is 0 Å². The van der Waals surface area contributed by atoms with Gasteiger partial charge in [-0.2, -0.15) is 0 Å². The Kier molecular flexibility index (Phi) is 3.59. The molecule has 0 aromatic rings. The van der Waals surface area contributed by atoms with E-state index in [1.54, 1.807) is 0 Å². The fourth-order valence-corrected chi connectivity index (χ4v) is 2.37. The maximum Gasteiger partial charge on any atom is 0.225 e. The third-order valence-corrected chi connectivity index (χ3v) is 3.41. The Bertz CT molecular complexity index is 221. The number of hydrogen-bond donors (Lipinski definition) is 1. The molecule has 15 heavy (non-hydrogen) atoms. The predicted molar refractivity (Wildman–Crippen MR) is 57.3 cm³/mol. The highest BCUT2D eigenvalue weighted by Gasteiger charge is 2.34. The second-order valence-electron chi connectivity index (χ2n) is 4.57. The topological polar surface area (TPSA) is 55.6 Å². The van der Waals surface area contributed by atoms with Crippen LogP contribution in [0.4, 0.5) is 0 Å². The first-order valence-electron chi connectivity index (χ1n) is 5.88. The Labute approximate surface area is 90.8 Å². The molecule has 0 saturated carbocycles. The van der Waals surface area contributed by atoms with Crippen LogP contribution in [0.5, 0.6) is 0 Å². The van der Waals surface area contributed by atoms with Crippen molar-refractivity contribution in [1.82, 2.24) is 4.90 Å².